The first-order valence-electron chi connectivity index (χ1n) is 5.09. The van der Waals surface area contributed by atoms with E-state index in [0.29, 0.717) is 4.47 Å². The van der Waals surface area contributed by atoms with Gasteiger partial charge in [0.15, 0.2) is 0 Å². The second-order valence-corrected chi connectivity index (χ2v) is 7.39. The van der Waals surface area contributed by atoms with Gasteiger partial charge in [-0.3, -0.25) is 4.72 Å². The summed E-state index contributed by atoms with van der Waals surface area (Å²) in [4.78, 5) is 3.62. The number of anilines is 1. The molecule has 1 heterocycles. The van der Waals surface area contributed by atoms with Gasteiger partial charge in [0.1, 0.15) is 15.9 Å². The third kappa shape index (κ3) is 3.56. The number of hydrogen-bond acceptors (Lipinski definition) is 3. The van der Waals surface area contributed by atoms with Gasteiger partial charge < -0.3 is 0 Å². The molecule has 1 aromatic carbocycles. The standard InChI is InChI=1S/C11H6BrCl3N2O2S/c12-6-4-7(13)11(8(14)5-6)20(18,19)17-10-3-1-2-9(15)16-10/h1-5H,(H,16,17). The van der Waals surface area contributed by atoms with Crippen LogP contribution in [-0.2, 0) is 10.0 Å². The fourth-order valence-electron chi connectivity index (χ4n) is 1.44. The summed E-state index contributed by atoms with van der Waals surface area (Å²) in [5.41, 5.74) is 0. The van der Waals surface area contributed by atoms with E-state index in [0.717, 1.165) is 0 Å². The summed E-state index contributed by atoms with van der Waals surface area (Å²) in [5.74, 6) is 0.0764. The molecule has 1 aromatic heterocycles. The van der Waals surface area contributed by atoms with E-state index < -0.39 is 10.0 Å². The van der Waals surface area contributed by atoms with Crippen molar-refractivity contribution in [1.29, 1.82) is 0 Å². The van der Waals surface area contributed by atoms with E-state index in [1.54, 1.807) is 6.07 Å². The van der Waals surface area contributed by atoms with Crippen LogP contribution in [0.5, 0.6) is 0 Å². The Labute approximate surface area is 139 Å². The summed E-state index contributed by atoms with van der Waals surface area (Å²) < 4.78 is 27.4. The van der Waals surface area contributed by atoms with Crippen LogP contribution in [0.25, 0.3) is 0 Å². The Morgan fingerprint density at radius 3 is 2.25 bits per heavy atom. The molecule has 0 fully saturated rings. The van der Waals surface area contributed by atoms with Gasteiger partial charge in [-0.25, -0.2) is 13.4 Å². The van der Waals surface area contributed by atoms with Crippen molar-refractivity contribution in [3.63, 3.8) is 0 Å². The Hall–Kier alpha value is -0.530. The lowest BCUT2D eigenvalue weighted by atomic mass is 10.4. The molecule has 0 aliphatic rings. The lowest BCUT2D eigenvalue weighted by molar-refractivity contribution is 0.601. The quantitative estimate of drug-likeness (QED) is 0.744. The molecule has 0 bridgehead atoms. The molecule has 0 atom stereocenters. The van der Waals surface area contributed by atoms with Crippen LogP contribution in [0.15, 0.2) is 39.7 Å². The second-order valence-electron chi connectivity index (χ2n) is 3.65. The molecule has 0 amide bonds. The van der Waals surface area contributed by atoms with Crippen LogP contribution in [0.2, 0.25) is 15.2 Å². The van der Waals surface area contributed by atoms with Crippen molar-refractivity contribution < 1.29 is 8.42 Å². The Morgan fingerprint density at radius 1 is 1.10 bits per heavy atom. The van der Waals surface area contributed by atoms with Crippen LogP contribution in [0.4, 0.5) is 5.82 Å². The molecular formula is C11H6BrCl3N2O2S. The molecule has 20 heavy (non-hydrogen) atoms. The molecule has 0 aliphatic carbocycles. The van der Waals surface area contributed by atoms with E-state index in [9.17, 15) is 8.42 Å². The third-order valence-electron chi connectivity index (χ3n) is 2.19. The van der Waals surface area contributed by atoms with Crippen LogP contribution in [0.3, 0.4) is 0 Å². The number of benzene rings is 1. The molecule has 0 saturated carbocycles. The Balaban J connectivity index is 2.46. The molecule has 106 valence electrons. The van der Waals surface area contributed by atoms with E-state index >= 15 is 0 Å². The number of halogens is 4. The van der Waals surface area contributed by atoms with E-state index in [2.05, 4.69) is 25.6 Å². The lowest BCUT2D eigenvalue weighted by Gasteiger charge is -2.11. The topological polar surface area (TPSA) is 59.1 Å². The minimum Gasteiger partial charge on any atom is -0.263 e. The van der Waals surface area contributed by atoms with Gasteiger partial charge in [-0.1, -0.05) is 56.8 Å². The molecule has 0 saturated heterocycles. The summed E-state index contributed by atoms with van der Waals surface area (Å²) in [6.45, 7) is 0. The predicted octanol–water partition coefficient (Wildman–Crippen LogP) is 4.61. The van der Waals surface area contributed by atoms with Gasteiger partial charge in [0.25, 0.3) is 10.0 Å². The molecule has 0 aliphatic heterocycles. The monoisotopic (exact) mass is 414 g/mol. The second kappa shape index (κ2) is 6.07. The van der Waals surface area contributed by atoms with E-state index in [1.807, 2.05) is 0 Å². The van der Waals surface area contributed by atoms with Crippen molar-refractivity contribution in [2.75, 3.05) is 4.72 Å². The maximum Gasteiger partial charge on any atom is 0.266 e. The number of aromatic nitrogens is 1. The summed E-state index contributed by atoms with van der Waals surface area (Å²) >= 11 is 20.7. The van der Waals surface area contributed by atoms with E-state index in [1.165, 1.54) is 24.3 Å². The fraction of sp³-hybridized carbons (Fsp3) is 0. The van der Waals surface area contributed by atoms with Gasteiger partial charge in [0, 0.05) is 4.47 Å². The molecule has 0 unspecified atom stereocenters. The number of pyridine rings is 1. The molecule has 4 nitrogen and oxygen atoms in total. The van der Waals surface area contributed by atoms with Gasteiger partial charge in [0.05, 0.1) is 10.0 Å². The van der Waals surface area contributed by atoms with Crippen molar-refractivity contribution in [2.45, 2.75) is 4.90 Å². The first-order chi connectivity index (χ1) is 9.29. The van der Waals surface area contributed by atoms with Crippen molar-refractivity contribution in [3.05, 3.63) is 50.0 Å². The number of sulfonamides is 1. The zero-order valence-corrected chi connectivity index (χ0v) is 14.2. The highest BCUT2D eigenvalue weighted by Crippen LogP contribution is 2.33. The average Bonchev–Trinajstić information content (AvgIpc) is 2.25. The van der Waals surface area contributed by atoms with Gasteiger partial charge in [-0.2, -0.15) is 0 Å². The lowest BCUT2D eigenvalue weighted by Crippen LogP contribution is -2.15. The van der Waals surface area contributed by atoms with Gasteiger partial charge in [-0.05, 0) is 24.3 Å². The minimum atomic E-state index is -3.96. The highest BCUT2D eigenvalue weighted by molar-refractivity contribution is 9.10. The summed E-state index contributed by atoms with van der Waals surface area (Å²) in [6, 6.07) is 7.43. The minimum absolute atomic E-state index is 0.00102. The highest BCUT2D eigenvalue weighted by Gasteiger charge is 2.23. The maximum atomic E-state index is 12.3. The highest BCUT2D eigenvalue weighted by atomic mass is 79.9. The van der Waals surface area contributed by atoms with Crippen molar-refractivity contribution in [2.24, 2.45) is 0 Å². The Bertz CT molecular complexity index is 745. The fourth-order valence-corrected chi connectivity index (χ4v) is 4.54. The first kappa shape index (κ1) is 15.9. The van der Waals surface area contributed by atoms with Crippen LogP contribution >= 0.6 is 50.7 Å². The number of rotatable bonds is 3. The van der Waals surface area contributed by atoms with Gasteiger partial charge in [-0.15, -0.1) is 0 Å². The SMILES string of the molecule is O=S(=O)(Nc1cccc(Cl)n1)c1c(Cl)cc(Br)cc1Cl. The summed E-state index contributed by atoms with van der Waals surface area (Å²) in [5, 5.41) is 0.163. The van der Waals surface area contributed by atoms with Crippen molar-refractivity contribution in [1.82, 2.24) is 4.98 Å². The van der Waals surface area contributed by atoms with Gasteiger partial charge >= 0.3 is 0 Å². The number of nitrogens with one attached hydrogen (secondary N) is 1. The largest absolute Gasteiger partial charge is 0.266 e. The molecule has 0 spiro atoms. The van der Waals surface area contributed by atoms with Gasteiger partial charge in [0.2, 0.25) is 0 Å². The average molecular weight is 417 g/mol. The van der Waals surface area contributed by atoms with Crippen molar-refractivity contribution >= 4 is 66.6 Å². The predicted molar refractivity (Wildman–Crippen MR) is 84.2 cm³/mol. The maximum absolute atomic E-state index is 12.3. The molecule has 1 N–H and O–H groups in total. The normalized spacial score (nSPS) is 11.4. The molecule has 9 heteroatoms. The molecule has 2 rings (SSSR count). The molecule has 0 radical (unpaired) electrons. The smallest absolute Gasteiger partial charge is 0.263 e. The van der Waals surface area contributed by atoms with E-state index in [4.69, 9.17) is 34.8 Å². The zero-order valence-electron chi connectivity index (χ0n) is 9.57. The zero-order chi connectivity index (χ0) is 14.9. The Kier molecular flexibility index (Phi) is 4.81. The Morgan fingerprint density at radius 2 is 1.70 bits per heavy atom. The van der Waals surface area contributed by atoms with Crippen LogP contribution < -0.4 is 4.72 Å². The summed E-state index contributed by atoms with van der Waals surface area (Å²) in [7, 11) is -3.96. The molecule has 2 aromatic rings. The van der Waals surface area contributed by atoms with E-state index in [-0.39, 0.29) is 25.9 Å². The first-order valence-corrected chi connectivity index (χ1v) is 8.50. The molecular weight excluding hydrogens is 410 g/mol. The third-order valence-corrected chi connectivity index (χ3v) is 5.13. The van der Waals surface area contributed by atoms with Crippen LogP contribution in [0, 0.1) is 0 Å². The number of nitrogens with zero attached hydrogens (tertiary/aromatic N) is 1. The number of hydrogen-bond donors (Lipinski definition) is 1. The summed E-state index contributed by atoms with van der Waals surface area (Å²) in [6.07, 6.45) is 0. The van der Waals surface area contributed by atoms with Crippen LogP contribution in [-0.4, -0.2) is 13.4 Å². The van der Waals surface area contributed by atoms with Crippen molar-refractivity contribution in [3.8, 4) is 0 Å². The van der Waals surface area contributed by atoms with Crippen LogP contribution in [0.1, 0.15) is 0 Å².